The van der Waals surface area contributed by atoms with Gasteiger partial charge in [-0.05, 0) is 29.3 Å². The highest BCUT2D eigenvalue weighted by atomic mass is 16.5. The number of nitrogens with zero attached hydrogens (tertiary/aromatic N) is 2. The number of carbonyl (C=O) groups is 2. The van der Waals surface area contributed by atoms with Crippen molar-refractivity contribution >= 4 is 17.5 Å². The van der Waals surface area contributed by atoms with Crippen molar-refractivity contribution in [2.24, 2.45) is 5.92 Å². The first-order valence-corrected chi connectivity index (χ1v) is 9.31. The third-order valence-corrected chi connectivity index (χ3v) is 4.75. The molecule has 0 radical (unpaired) electrons. The quantitative estimate of drug-likeness (QED) is 0.797. The molecule has 1 aliphatic heterocycles. The summed E-state index contributed by atoms with van der Waals surface area (Å²) in [6, 6.07) is 10.5. The minimum Gasteiger partial charge on any atom is -0.394 e. The van der Waals surface area contributed by atoms with Gasteiger partial charge in [-0.15, -0.1) is 0 Å². The topological polar surface area (TPSA) is 91.8 Å². The van der Waals surface area contributed by atoms with Crippen LogP contribution in [0.2, 0.25) is 0 Å². The Bertz CT molecular complexity index is 808. The maximum Gasteiger partial charge on any atom is 0.249 e. The maximum atomic E-state index is 12.4. The zero-order valence-electron chi connectivity index (χ0n) is 16.0. The summed E-state index contributed by atoms with van der Waals surface area (Å²) in [7, 11) is 0. The molecule has 148 valence electrons. The number of ether oxygens (including phenoxy) is 1. The highest BCUT2D eigenvalue weighted by molar-refractivity contribution is 5.92. The Hall–Kier alpha value is -2.77. The summed E-state index contributed by atoms with van der Waals surface area (Å²) in [4.78, 5) is 30.0. The van der Waals surface area contributed by atoms with Gasteiger partial charge in [0.25, 0.3) is 0 Å². The lowest BCUT2D eigenvalue weighted by Crippen LogP contribution is -2.52. The second-order valence-corrected chi connectivity index (χ2v) is 7.13. The van der Waals surface area contributed by atoms with Crippen LogP contribution in [0.4, 0.5) is 5.69 Å². The van der Waals surface area contributed by atoms with Crippen LogP contribution < -0.4 is 5.32 Å². The first kappa shape index (κ1) is 20.0. The van der Waals surface area contributed by atoms with Crippen molar-refractivity contribution in [3.8, 4) is 0 Å². The van der Waals surface area contributed by atoms with E-state index in [1.54, 1.807) is 29.4 Å². The number of carbonyl (C=O) groups excluding carboxylic acids is 2. The van der Waals surface area contributed by atoms with Crippen LogP contribution in [0.5, 0.6) is 0 Å². The van der Waals surface area contributed by atoms with E-state index >= 15 is 0 Å². The number of anilines is 1. The van der Waals surface area contributed by atoms with Crippen LogP contribution in [0, 0.1) is 5.92 Å². The normalized spacial score (nSPS) is 19.7. The maximum absolute atomic E-state index is 12.4. The lowest BCUT2D eigenvalue weighted by molar-refractivity contribution is -0.162. The Balaban J connectivity index is 1.77. The van der Waals surface area contributed by atoms with Gasteiger partial charge >= 0.3 is 0 Å². The molecule has 3 rings (SSSR count). The van der Waals surface area contributed by atoms with Crippen LogP contribution in [-0.4, -0.2) is 46.1 Å². The second-order valence-electron chi connectivity index (χ2n) is 7.13. The van der Waals surface area contributed by atoms with Gasteiger partial charge in [0.05, 0.1) is 12.6 Å². The number of aliphatic hydroxyl groups excluding tert-OH is 1. The van der Waals surface area contributed by atoms with Gasteiger partial charge in [0, 0.05) is 30.5 Å². The van der Waals surface area contributed by atoms with Crippen LogP contribution in [0.25, 0.3) is 0 Å². The monoisotopic (exact) mass is 383 g/mol. The van der Waals surface area contributed by atoms with Crippen molar-refractivity contribution in [2.75, 3.05) is 18.5 Å². The van der Waals surface area contributed by atoms with Crippen LogP contribution in [0.3, 0.4) is 0 Å². The zero-order chi connectivity index (χ0) is 20.1. The highest BCUT2D eigenvalue weighted by Gasteiger charge is 2.37. The first-order valence-electron chi connectivity index (χ1n) is 9.31. The molecule has 28 heavy (non-hydrogen) atoms. The number of morpholine rings is 1. The van der Waals surface area contributed by atoms with Crippen LogP contribution in [0.1, 0.15) is 31.1 Å². The molecule has 0 spiro atoms. The summed E-state index contributed by atoms with van der Waals surface area (Å²) in [5.41, 5.74) is 2.43. The smallest absolute Gasteiger partial charge is 0.249 e. The molecule has 7 heteroatoms. The van der Waals surface area contributed by atoms with E-state index in [1.807, 2.05) is 38.1 Å². The summed E-state index contributed by atoms with van der Waals surface area (Å²) < 4.78 is 5.75. The van der Waals surface area contributed by atoms with Crippen molar-refractivity contribution in [3.05, 3.63) is 59.9 Å². The SMILES string of the molecule is CC(C)C(=O)Nc1ccc(C2OCC(=O)N(Cc3cccnc3)C2CO)cc1. The van der Waals surface area contributed by atoms with Crippen molar-refractivity contribution in [3.63, 3.8) is 0 Å². The fourth-order valence-corrected chi connectivity index (χ4v) is 3.15. The number of hydrogen-bond acceptors (Lipinski definition) is 5. The molecule has 2 heterocycles. The molecule has 2 aromatic rings. The van der Waals surface area contributed by atoms with E-state index in [0.717, 1.165) is 11.1 Å². The molecule has 1 saturated heterocycles. The average molecular weight is 383 g/mol. The van der Waals surface area contributed by atoms with E-state index in [4.69, 9.17) is 4.74 Å². The highest BCUT2D eigenvalue weighted by Crippen LogP contribution is 2.30. The molecule has 1 aromatic carbocycles. The summed E-state index contributed by atoms with van der Waals surface area (Å²) in [5.74, 6) is -0.324. The minimum atomic E-state index is -0.502. The van der Waals surface area contributed by atoms with Gasteiger partial charge in [-0.2, -0.15) is 0 Å². The summed E-state index contributed by atoms with van der Waals surface area (Å²) in [6.45, 7) is 3.76. The average Bonchev–Trinajstić information content (AvgIpc) is 2.70. The lowest BCUT2D eigenvalue weighted by Gasteiger charge is -2.40. The number of benzene rings is 1. The lowest BCUT2D eigenvalue weighted by atomic mass is 9.98. The van der Waals surface area contributed by atoms with Crippen molar-refractivity contribution in [2.45, 2.75) is 32.5 Å². The number of hydrogen-bond donors (Lipinski definition) is 2. The Morgan fingerprint density at radius 3 is 2.68 bits per heavy atom. The van der Waals surface area contributed by atoms with Gasteiger partial charge in [-0.3, -0.25) is 14.6 Å². The van der Waals surface area contributed by atoms with Gasteiger partial charge in [-0.1, -0.05) is 32.0 Å². The number of rotatable bonds is 6. The molecule has 0 aliphatic carbocycles. The summed E-state index contributed by atoms with van der Waals surface area (Å²) in [6.07, 6.45) is 2.93. The number of aliphatic hydroxyl groups is 1. The molecule has 0 bridgehead atoms. The molecule has 7 nitrogen and oxygen atoms in total. The number of amides is 2. The zero-order valence-corrected chi connectivity index (χ0v) is 16.0. The minimum absolute atomic E-state index is 0.0483. The predicted molar refractivity (Wildman–Crippen MR) is 104 cm³/mol. The third-order valence-electron chi connectivity index (χ3n) is 4.75. The fraction of sp³-hybridized carbons (Fsp3) is 0.381. The van der Waals surface area contributed by atoms with E-state index in [-0.39, 0.29) is 30.9 Å². The van der Waals surface area contributed by atoms with E-state index in [2.05, 4.69) is 10.3 Å². The second kappa shape index (κ2) is 8.95. The van der Waals surface area contributed by atoms with Gasteiger partial charge in [0.15, 0.2) is 0 Å². The molecule has 1 fully saturated rings. The summed E-state index contributed by atoms with van der Waals surface area (Å²) in [5, 5.41) is 12.8. The van der Waals surface area contributed by atoms with E-state index in [9.17, 15) is 14.7 Å². The number of pyridine rings is 1. The predicted octanol–water partition coefficient (Wildman–Crippen LogP) is 2.14. The van der Waals surface area contributed by atoms with E-state index < -0.39 is 12.1 Å². The molecule has 2 amide bonds. The first-order chi connectivity index (χ1) is 13.5. The number of aromatic nitrogens is 1. The van der Waals surface area contributed by atoms with Gasteiger partial charge in [0.1, 0.15) is 12.7 Å². The molecule has 2 atom stereocenters. The van der Waals surface area contributed by atoms with Crippen LogP contribution >= 0.6 is 0 Å². The fourth-order valence-electron chi connectivity index (χ4n) is 3.15. The Morgan fingerprint density at radius 2 is 2.07 bits per heavy atom. The van der Waals surface area contributed by atoms with Crippen molar-refractivity contribution < 1.29 is 19.4 Å². The Kier molecular flexibility index (Phi) is 6.38. The largest absolute Gasteiger partial charge is 0.394 e. The molecule has 1 aromatic heterocycles. The molecular weight excluding hydrogens is 358 g/mol. The molecular formula is C21H25N3O4. The van der Waals surface area contributed by atoms with Gasteiger partial charge in [0.2, 0.25) is 11.8 Å². The third kappa shape index (κ3) is 4.55. The number of nitrogens with one attached hydrogen (secondary N) is 1. The standard InChI is InChI=1S/C21H25N3O4/c1-14(2)21(27)23-17-7-5-16(6-8-17)20-18(12-25)24(19(26)13-28-20)11-15-4-3-9-22-10-15/h3-10,14,18,20,25H,11-13H2,1-2H3,(H,23,27). The van der Waals surface area contributed by atoms with Gasteiger partial charge < -0.3 is 20.1 Å². The van der Waals surface area contributed by atoms with Crippen molar-refractivity contribution in [1.82, 2.24) is 9.88 Å². The van der Waals surface area contributed by atoms with E-state index in [0.29, 0.717) is 12.2 Å². The Morgan fingerprint density at radius 1 is 1.32 bits per heavy atom. The van der Waals surface area contributed by atoms with Crippen LogP contribution in [-0.2, 0) is 20.9 Å². The molecule has 1 aliphatic rings. The Labute approximate surface area is 164 Å². The molecule has 2 N–H and O–H groups in total. The van der Waals surface area contributed by atoms with Crippen LogP contribution in [0.15, 0.2) is 48.8 Å². The van der Waals surface area contributed by atoms with E-state index in [1.165, 1.54) is 0 Å². The summed E-state index contributed by atoms with van der Waals surface area (Å²) >= 11 is 0. The van der Waals surface area contributed by atoms with Crippen molar-refractivity contribution in [1.29, 1.82) is 0 Å². The molecule has 2 unspecified atom stereocenters. The molecule has 0 saturated carbocycles. The van der Waals surface area contributed by atoms with Gasteiger partial charge in [-0.25, -0.2) is 0 Å².